The molecule has 1 N–H and O–H groups in total. The zero-order valence-corrected chi connectivity index (χ0v) is 12.7. The van der Waals surface area contributed by atoms with E-state index in [1.54, 1.807) is 13.8 Å². The van der Waals surface area contributed by atoms with Crippen molar-refractivity contribution in [2.45, 2.75) is 40.7 Å². The number of carbonyl (C=O) groups is 1. The molecule has 1 aromatic carbocycles. The molecular formula is C16H25NO2. The van der Waals surface area contributed by atoms with E-state index in [1.165, 1.54) is 16.7 Å². The number of benzene rings is 1. The van der Waals surface area contributed by atoms with E-state index >= 15 is 0 Å². The van der Waals surface area contributed by atoms with Crippen LogP contribution in [0.3, 0.4) is 0 Å². The van der Waals surface area contributed by atoms with Crippen molar-refractivity contribution in [1.29, 1.82) is 0 Å². The molecule has 0 saturated heterocycles. The summed E-state index contributed by atoms with van der Waals surface area (Å²) in [6.45, 7) is 9.42. The van der Waals surface area contributed by atoms with Crippen LogP contribution in [0.1, 0.15) is 37.0 Å². The van der Waals surface area contributed by atoms with Crippen LogP contribution in [0.15, 0.2) is 18.2 Å². The van der Waals surface area contributed by atoms with Crippen molar-refractivity contribution in [3.8, 4) is 0 Å². The SMILES string of the molecule is Cc1ccc(CN(C)CCC(C)(C)C(=O)O)c(C)c1. The quantitative estimate of drug-likeness (QED) is 0.856. The molecule has 3 nitrogen and oxygen atoms in total. The monoisotopic (exact) mass is 263 g/mol. The molecule has 0 heterocycles. The molecule has 0 atom stereocenters. The van der Waals surface area contributed by atoms with Gasteiger partial charge in [-0.05, 0) is 58.8 Å². The highest BCUT2D eigenvalue weighted by atomic mass is 16.4. The molecule has 0 spiro atoms. The summed E-state index contributed by atoms with van der Waals surface area (Å²) in [5.74, 6) is -0.729. The fourth-order valence-electron chi connectivity index (χ4n) is 1.97. The molecule has 1 rings (SSSR count). The second kappa shape index (κ2) is 6.20. The largest absolute Gasteiger partial charge is 0.481 e. The van der Waals surface area contributed by atoms with Crippen LogP contribution in [0.2, 0.25) is 0 Å². The Morgan fingerprint density at radius 3 is 2.47 bits per heavy atom. The molecule has 19 heavy (non-hydrogen) atoms. The third-order valence-corrected chi connectivity index (χ3v) is 3.64. The lowest BCUT2D eigenvalue weighted by molar-refractivity contribution is -0.147. The van der Waals surface area contributed by atoms with E-state index in [0.29, 0.717) is 6.42 Å². The lowest BCUT2D eigenvalue weighted by atomic mass is 9.89. The first-order chi connectivity index (χ1) is 8.72. The highest BCUT2D eigenvalue weighted by molar-refractivity contribution is 5.73. The van der Waals surface area contributed by atoms with Crippen molar-refractivity contribution in [2.75, 3.05) is 13.6 Å². The molecule has 1 aromatic rings. The average molecular weight is 263 g/mol. The number of nitrogens with zero attached hydrogens (tertiary/aromatic N) is 1. The molecular weight excluding hydrogens is 238 g/mol. The molecule has 0 bridgehead atoms. The van der Waals surface area contributed by atoms with Crippen LogP contribution in [0.4, 0.5) is 0 Å². The molecule has 3 heteroatoms. The molecule has 0 aliphatic rings. The molecule has 0 unspecified atom stereocenters. The highest BCUT2D eigenvalue weighted by Crippen LogP contribution is 2.21. The Bertz CT molecular complexity index is 452. The van der Waals surface area contributed by atoms with Crippen molar-refractivity contribution in [3.63, 3.8) is 0 Å². The summed E-state index contributed by atoms with van der Waals surface area (Å²) in [4.78, 5) is 13.2. The van der Waals surface area contributed by atoms with Gasteiger partial charge in [0.15, 0.2) is 0 Å². The zero-order chi connectivity index (χ0) is 14.6. The molecule has 0 aromatic heterocycles. The van der Waals surface area contributed by atoms with E-state index in [9.17, 15) is 4.79 Å². The molecule has 0 radical (unpaired) electrons. The summed E-state index contributed by atoms with van der Waals surface area (Å²) in [6.07, 6.45) is 0.656. The first-order valence-electron chi connectivity index (χ1n) is 6.70. The summed E-state index contributed by atoms with van der Waals surface area (Å²) < 4.78 is 0. The minimum Gasteiger partial charge on any atom is -0.481 e. The van der Waals surface area contributed by atoms with Crippen LogP contribution in [-0.4, -0.2) is 29.6 Å². The van der Waals surface area contributed by atoms with E-state index in [-0.39, 0.29) is 0 Å². The molecule has 0 fully saturated rings. The van der Waals surface area contributed by atoms with Gasteiger partial charge in [0.1, 0.15) is 0 Å². The van der Waals surface area contributed by atoms with Gasteiger partial charge in [-0.3, -0.25) is 4.79 Å². The molecule has 0 aliphatic heterocycles. The summed E-state index contributed by atoms with van der Waals surface area (Å²) in [5.41, 5.74) is 3.22. The summed E-state index contributed by atoms with van der Waals surface area (Å²) in [6, 6.07) is 6.46. The Morgan fingerprint density at radius 2 is 1.95 bits per heavy atom. The highest BCUT2D eigenvalue weighted by Gasteiger charge is 2.26. The second-order valence-electron chi connectivity index (χ2n) is 6.11. The van der Waals surface area contributed by atoms with Crippen LogP contribution >= 0.6 is 0 Å². The van der Waals surface area contributed by atoms with Crippen molar-refractivity contribution in [2.24, 2.45) is 5.41 Å². The fraction of sp³-hybridized carbons (Fsp3) is 0.562. The minimum atomic E-state index is -0.729. The maximum Gasteiger partial charge on any atom is 0.309 e. The summed E-state index contributed by atoms with van der Waals surface area (Å²) in [7, 11) is 2.04. The van der Waals surface area contributed by atoms with E-state index in [0.717, 1.165) is 13.1 Å². The molecule has 0 amide bonds. The Morgan fingerprint density at radius 1 is 1.32 bits per heavy atom. The van der Waals surface area contributed by atoms with E-state index in [2.05, 4.69) is 36.9 Å². The predicted molar refractivity (Wildman–Crippen MR) is 78.3 cm³/mol. The Hall–Kier alpha value is -1.35. The maximum atomic E-state index is 11.1. The van der Waals surface area contributed by atoms with Crippen molar-refractivity contribution in [3.05, 3.63) is 34.9 Å². The van der Waals surface area contributed by atoms with E-state index in [4.69, 9.17) is 5.11 Å². The number of carboxylic acids is 1. The lowest BCUT2D eigenvalue weighted by Crippen LogP contribution is -2.30. The molecule has 106 valence electrons. The number of hydrogen-bond acceptors (Lipinski definition) is 2. The lowest BCUT2D eigenvalue weighted by Gasteiger charge is -2.24. The van der Waals surface area contributed by atoms with Gasteiger partial charge in [-0.2, -0.15) is 0 Å². The van der Waals surface area contributed by atoms with Crippen molar-refractivity contribution in [1.82, 2.24) is 4.90 Å². The first-order valence-corrected chi connectivity index (χ1v) is 6.70. The van der Waals surface area contributed by atoms with Gasteiger partial charge < -0.3 is 10.0 Å². The first kappa shape index (κ1) is 15.7. The van der Waals surface area contributed by atoms with Gasteiger partial charge in [0.25, 0.3) is 0 Å². The molecule has 0 aliphatic carbocycles. The van der Waals surface area contributed by atoms with Crippen molar-refractivity contribution < 1.29 is 9.90 Å². The van der Waals surface area contributed by atoms with Crippen LogP contribution in [-0.2, 0) is 11.3 Å². The van der Waals surface area contributed by atoms with Gasteiger partial charge in [0.2, 0.25) is 0 Å². The van der Waals surface area contributed by atoms with E-state index in [1.807, 2.05) is 7.05 Å². The standard InChI is InChI=1S/C16H25NO2/c1-12-6-7-14(13(2)10-12)11-17(5)9-8-16(3,4)15(18)19/h6-7,10H,8-9,11H2,1-5H3,(H,18,19). The number of hydrogen-bond donors (Lipinski definition) is 1. The number of carboxylic acid groups (broad SMARTS) is 1. The fourth-order valence-corrected chi connectivity index (χ4v) is 1.97. The predicted octanol–water partition coefficient (Wildman–Crippen LogP) is 3.24. The van der Waals surface area contributed by atoms with Gasteiger partial charge in [-0.15, -0.1) is 0 Å². The van der Waals surface area contributed by atoms with Gasteiger partial charge in [-0.25, -0.2) is 0 Å². The third kappa shape index (κ3) is 4.67. The van der Waals surface area contributed by atoms with Gasteiger partial charge in [-0.1, -0.05) is 23.8 Å². The zero-order valence-electron chi connectivity index (χ0n) is 12.7. The topological polar surface area (TPSA) is 40.5 Å². The number of rotatable bonds is 6. The normalized spacial score (nSPS) is 11.9. The Kier molecular flexibility index (Phi) is 5.12. The third-order valence-electron chi connectivity index (χ3n) is 3.64. The second-order valence-corrected chi connectivity index (χ2v) is 6.11. The van der Waals surface area contributed by atoms with E-state index < -0.39 is 11.4 Å². The molecule has 0 saturated carbocycles. The van der Waals surface area contributed by atoms with Gasteiger partial charge in [0.05, 0.1) is 5.41 Å². The maximum absolute atomic E-state index is 11.1. The van der Waals surface area contributed by atoms with Gasteiger partial charge in [0, 0.05) is 6.54 Å². The van der Waals surface area contributed by atoms with Crippen LogP contribution in [0, 0.1) is 19.3 Å². The minimum absolute atomic E-state index is 0.656. The smallest absolute Gasteiger partial charge is 0.309 e. The van der Waals surface area contributed by atoms with Crippen LogP contribution < -0.4 is 0 Å². The summed E-state index contributed by atoms with van der Waals surface area (Å²) >= 11 is 0. The van der Waals surface area contributed by atoms with Gasteiger partial charge >= 0.3 is 5.97 Å². The average Bonchev–Trinajstić information content (AvgIpc) is 2.30. The number of aryl methyl sites for hydroxylation is 2. The summed E-state index contributed by atoms with van der Waals surface area (Å²) in [5, 5.41) is 9.10. The Labute approximate surface area is 116 Å². The van der Waals surface area contributed by atoms with Crippen LogP contribution in [0.5, 0.6) is 0 Å². The number of aliphatic carboxylic acids is 1. The van der Waals surface area contributed by atoms with Crippen LogP contribution in [0.25, 0.3) is 0 Å². The Balaban J connectivity index is 2.56. The van der Waals surface area contributed by atoms with Crippen molar-refractivity contribution >= 4 is 5.97 Å².